The van der Waals surface area contributed by atoms with Crippen molar-refractivity contribution in [3.8, 4) is 0 Å². The van der Waals surface area contributed by atoms with Crippen LogP contribution in [-0.4, -0.2) is 32.8 Å². The average Bonchev–Trinajstić information content (AvgIpc) is 3.43. The van der Waals surface area contributed by atoms with Gasteiger partial charge < -0.3 is 10.2 Å². The number of nitrogens with one attached hydrogen (secondary N) is 1. The number of anilines is 3. The fraction of sp³-hybridized carbons (Fsp3) is 0.542. The summed E-state index contributed by atoms with van der Waals surface area (Å²) in [6, 6.07) is 4.86. The van der Waals surface area contributed by atoms with E-state index >= 15 is 0 Å². The van der Waals surface area contributed by atoms with Gasteiger partial charge in [0.1, 0.15) is 0 Å². The molecule has 1 aromatic carbocycles. The third kappa shape index (κ3) is 4.10. The molecule has 0 radical (unpaired) electrons. The quantitative estimate of drug-likeness (QED) is 0.480. The molecular formula is C24H31ClN6. The average molecular weight is 439 g/mol. The van der Waals surface area contributed by atoms with Crippen molar-refractivity contribution in [2.24, 2.45) is 11.8 Å². The molecule has 0 spiro atoms. The minimum Gasteiger partial charge on any atom is -0.371 e. The van der Waals surface area contributed by atoms with Crippen molar-refractivity contribution in [1.29, 1.82) is 0 Å². The molecule has 2 aliphatic rings. The molecule has 31 heavy (non-hydrogen) atoms. The number of benzene rings is 1. The normalized spacial score (nSPS) is 21.0. The van der Waals surface area contributed by atoms with Crippen LogP contribution in [0.25, 0.3) is 10.9 Å². The Labute approximate surface area is 189 Å². The van der Waals surface area contributed by atoms with Crippen molar-refractivity contribution >= 4 is 39.8 Å². The van der Waals surface area contributed by atoms with E-state index < -0.39 is 0 Å². The zero-order valence-electron chi connectivity index (χ0n) is 18.6. The Morgan fingerprint density at radius 1 is 1.19 bits per heavy atom. The molecule has 0 amide bonds. The number of hydrogen-bond acceptors (Lipinski definition) is 5. The van der Waals surface area contributed by atoms with E-state index in [1.165, 1.54) is 30.5 Å². The highest BCUT2D eigenvalue weighted by molar-refractivity contribution is 6.32. The van der Waals surface area contributed by atoms with Crippen LogP contribution in [0.4, 0.5) is 17.3 Å². The number of nitrogens with zero attached hydrogens (tertiary/aromatic N) is 5. The molecule has 164 valence electrons. The summed E-state index contributed by atoms with van der Waals surface area (Å²) >= 11 is 6.50. The highest BCUT2D eigenvalue weighted by atomic mass is 35.5. The lowest BCUT2D eigenvalue weighted by atomic mass is 9.97. The van der Waals surface area contributed by atoms with Crippen molar-refractivity contribution in [3.05, 3.63) is 35.2 Å². The van der Waals surface area contributed by atoms with Gasteiger partial charge in [0.2, 0.25) is 5.95 Å². The van der Waals surface area contributed by atoms with Gasteiger partial charge in [0, 0.05) is 30.4 Å². The molecule has 7 heteroatoms. The summed E-state index contributed by atoms with van der Waals surface area (Å²) in [5.41, 5.74) is 4.25. The van der Waals surface area contributed by atoms with Crippen LogP contribution in [0.2, 0.25) is 5.15 Å². The highest BCUT2D eigenvalue weighted by Gasteiger charge is 2.28. The second kappa shape index (κ2) is 8.30. The van der Waals surface area contributed by atoms with Gasteiger partial charge in [-0.1, -0.05) is 31.4 Å². The maximum atomic E-state index is 6.50. The van der Waals surface area contributed by atoms with Crippen molar-refractivity contribution < 1.29 is 0 Å². The third-order valence-electron chi connectivity index (χ3n) is 6.99. The molecule has 2 fully saturated rings. The largest absolute Gasteiger partial charge is 0.371 e. The van der Waals surface area contributed by atoms with Gasteiger partial charge in [-0.3, -0.25) is 0 Å². The number of aryl methyl sites for hydroxylation is 1. The van der Waals surface area contributed by atoms with E-state index in [1.54, 1.807) is 6.20 Å². The van der Waals surface area contributed by atoms with Crippen LogP contribution in [0.3, 0.4) is 0 Å². The summed E-state index contributed by atoms with van der Waals surface area (Å²) in [6.45, 7) is 8.96. The van der Waals surface area contributed by atoms with E-state index in [9.17, 15) is 0 Å². The van der Waals surface area contributed by atoms with Crippen LogP contribution < -0.4 is 10.2 Å². The minimum absolute atomic E-state index is 0.439. The minimum atomic E-state index is 0.439. The lowest BCUT2D eigenvalue weighted by molar-refractivity contribution is 0.417. The number of aromatic nitrogens is 4. The van der Waals surface area contributed by atoms with Crippen molar-refractivity contribution in [3.63, 3.8) is 0 Å². The first-order valence-electron chi connectivity index (χ1n) is 11.6. The second-order valence-electron chi connectivity index (χ2n) is 9.25. The highest BCUT2D eigenvalue weighted by Crippen LogP contribution is 2.39. The summed E-state index contributed by atoms with van der Waals surface area (Å²) in [6.07, 6.45) is 10.00. The molecule has 0 saturated heterocycles. The van der Waals surface area contributed by atoms with Gasteiger partial charge in [-0.05, 0) is 62.6 Å². The Balaban J connectivity index is 1.42. The molecule has 0 aliphatic heterocycles. The number of hydrogen-bond donors (Lipinski definition) is 1. The van der Waals surface area contributed by atoms with Crippen LogP contribution in [0.5, 0.6) is 0 Å². The molecule has 2 aromatic heterocycles. The molecule has 0 bridgehead atoms. The molecule has 2 saturated carbocycles. The van der Waals surface area contributed by atoms with Crippen molar-refractivity contribution in [1.82, 2.24) is 19.7 Å². The fourth-order valence-electron chi connectivity index (χ4n) is 4.88. The third-order valence-corrected chi connectivity index (χ3v) is 7.36. The standard InChI is InChI=1S/C24H31ClN6/c1-4-30(14-17-7-5-6-15(17)2)22-11-20-18(10-16(22)3)12-26-24(28-20)29-21-13-27-31(23(21)25)19-8-9-19/h10-13,15,17,19H,4-9,14H2,1-3H3,(H,26,28,29). The van der Waals surface area contributed by atoms with Crippen molar-refractivity contribution in [2.45, 2.75) is 58.9 Å². The van der Waals surface area contributed by atoms with Crippen LogP contribution in [0.15, 0.2) is 24.5 Å². The van der Waals surface area contributed by atoms with Gasteiger partial charge in [0.05, 0.1) is 23.4 Å². The molecular weight excluding hydrogens is 408 g/mol. The topological polar surface area (TPSA) is 58.9 Å². The molecule has 2 atom stereocenters. The molecule has 3 aromatic rings. The Bertz CT molecular complexity index is 1090. The zero-order valence-corrected chi connectivity index (χ0v) is 19.4. The molecule has 5 rings (SSSR count). The first kappa shape index (κ1) is 20.6. The Kier molecular flexibility index (Phi) is 5.51. The Hall–Kier alpha value is -2.34. The van der Waals surface area contributed by atoms with Gasteiger partial charge in [-0.15, -0.1) is 0 Å². The van der Waals surface area contributed by atoms with Gasteiger partial charge in [0.25, 0.3) is 0 Å². The van der Waals surface area contributed by atoms with Gasteiger partial charge in [-0.25, -0.2) is 14.6 Å². The summed E-state index contributed by atoms with van der Waals surface area (Å²) in [5, 5.41) is 9.35. The summed E-state index contributed by atoms with van der Waals surface area (Å²) < 4.78 is 1.88. The van der Waals surface area contributed by atoms with E-state index in [1.807, 2.05) is 10.9 Å². The lowest BCUT2D eigenvalue weighted by Crippen LogP contribution is -2.31. The Morgan fingerprint density at radius 3 is 2.74 bits per heavy atom. The molecule has 2 unspecified atom stereocenters. The molecule has 2 aliphatic carbocycles. The van der Waals surface area contributed by atoms with Gasteiger partial charge in [0.15, 0.2) is 5.15 Å². The first-order valence-corrected chi connectivity index (χ1v) is 11.9. The zero-order chi connectivity index (χ0) is 21.5. The predicted molar refractivity (Wildman–Crippen MR) is 127 cm³/mol. The van der Waals surface area contributed by atoms with Crippen LogP contribution >= 0.6 is 11.6 Å². The molecule has 6 nitrogen and oxygen atoms in total. The maximum Gasteiger partial charge on any atom is 0.227 e. The monoisotopic (exact) mass is 438 g/mol. The van der Waals surface area contributed by atoms with E-state index in [0.29, 0.717) is 17.1 Å². The van der Waals surface area contributed by atoms with Gasteiger partial charge >= 0.3 is 0 Å². The van der Waals surface area contributed by atoms with E-state index in [-0.39, 0.29) is 0 Å². The summed E-state index contributed by atoms with van der Waals surface area (Å²) in [5.74, 6) is 2.14. The van der Waals surface area contributed by atoms with Crippen LogP contribution in [0, 0.1) is 18.8 Å². The maximum absolute atomic E-state index is 6.50. The van der Waals surface area contributed by atoms with E-state index in [4.69, 9.17) is 16.6 Å². The SMILES string of the molecule is CCN(CC1CCCC1C)c1cc2nc(Nc3cnn(C4CC4)c3Cl)ncc2cc1C. The van der Waals surface area contributed by atoms with Crippen LogP contribution in [0.1, 0.15) is 57.6 Å². The smallest absolute Gasteiger partial charge is 0.227 e. The fourth-order valence-corrected chi connectivity index (χ4v) is 5.16. The van der Waals surface area contributed by atoms with Crippen LogP contribution in [-0.2, 0) is 0 Å². The number of halogens is 1. The molecule has 2 heterocycles. The second-order valence-corrected chi connectivity index (χ2v) is 9.61. The van der Waals surface area contributed by atoms with Gasteiger partial charge in [-0.2, -0.15) is 5.10 Å². The first-order chi connectivity index (χ1) is 15.0. The summed E-state index contributed by atoms with van der Waals surface area (Å²) in [7, 11) is 0. The van der Waals surface area contributed by atoms with E-state index in [0.717, 1.165) is 54.4 Å². The van der Waals surface area contributed by atoms with E-state index in [2.05, 4.69) is 53.2 Å². The van der Waals surface area contributed by atoms with Crippen molar-refractivity contribution in [2.75, 3.05) is 23.3 Å². The molecule has 1 N–H and O–H groups in total. The number of rotatable bonds is 7. The lowest BCUT2D eigenvalue weighted by Gasteiger charge is -2.30. The summed E-state index contributed by atoms with van der Waals surface area (Å²) in [4.78, 5) is 11.8. The predicted octanol–water partition coefficient (Wildman–Crippen LogP) is 6.13. The Morgan fingerprint density at radius 2 is 2.03 bits per heavy atom. The number of fused-ring (bicyclic) bond motifs is 1.